The average molecular weight is 437 g/mol. The number of ether oxygens (including phenoxy) is 3. The number of barbiturate groups is 1. The minimum atomic E-state index is -0.777. The normalized spacial score (nSPS) is 18.6. The van der Waals surface area contributed by atoms with Crippen molar-refractivity contribution in [1.82, 2.24) is 10.2 Å². The van der Waals surface area contributed by atoms with Gasteiger partial charge in [0, 0.05) is 6.04 Å². The number of carbonyl (C=O) groups excluding carboxylic acids is 4. The van der Waals surface area contributed by atoms with Gasteiger partial charge in [0.15, 0.2) is 18.1 Å². The molecule has 1 aliphatic carbocycles. The third-order valence-corrected chi connectivity index (χ3v) is 5.23. The van der Waals surface area contributed by atoms with Gasteiger partial charge in [-0.3, -0.25) is 19.8 Å². The van der Waals surface area contributed by atoms with Crippen molar-refractivity contribution >= 4 is 41.5 Å². The fraction of sp³-hybridized carbons (Fsp3) is 0.400. The summed E-state index contributed by atoms with van der Waals surface area (Å²) in [4.78, 5) is 49.8. The lowest BCUT2D eigenvalue weighted by atomic mass is 10.0. The van der Waals surface area contributed by atoms with Crippen molar-refractivity contribution in [2.24, 2.45) is 0 Å². The summed E-state index contributed by atoms with van der Waals surface area (Å²) in [5.74, 6) is -1.70. The smallest absolute Gasteiger partial charge is 0.343 e. The van der Waals surface area contributed by atoms with Crippen LogP contribution in [0.2, 0.25) is 5.02 Å². The summed E-state index contributed by atoms with van der Waals surface area (Å²) < 4.78 is 15.1. The fourth-order valence-electron chi connectivity index (χ4n) is 3.49. The molecule has 0 bridgehead atoms. The first-order valence-electron chi connectivity index (χ1n) is 9.33. The number of imide groups is 2. The van der Waals surface area contributed by atoms with Gasteiger partial charge in [-0.15, -0.1) is 0 Å². The van der Waals surface area contributed by atoms with Gasteiger partial charge in [0.05, 0.1) is 19.2 Å². The molecule has 2 fully saturated rings. The van der Waals surface area contributed by atoms with E-state index in [4.69, 9.17) is 21.1 Å². The van der Waals surface area contributed by atoms with Crippen LogP contribution in [0.25, 0.3) is 6.08 Å². The number of nitrogens with zero attached hydrogens (tertiary/aromatic N) is 1. The van der Waals surface area contributed by atoms with E-state index in [0.717, 1.165) is 17.7 Å². The number of hydrogen-bond donors (Lipinski definition) is 1. The van der Waals surface area contributed by atoms with Gasteiger partial charge in [0.2, 0.25) is 0 Å². The maximum Gasteiger partial charge on any atom is 0.343 e. The van der Waals surface area contributed by atoms with Crippen LogP contribution in [0.3, 0.4) is 0 Å². The van der Waals surface area contributed by atoms with Crippen LogP contribution < -0.4 is 14.8 Å². The number of nitrogens with one attached hydrogen (secondary N) is 1. The van der Waals surface area contributed by atoms with E-state index in [1.54, 1.807) is 0 Å². The van der Waals surface area contributed by atoms with Gasteiger partial charge < -0.3 is 14.2 Å². The predicted octanol–water partition coefficient (Wildman–Crippen LogP) is 2.30. The molecule has 0 radical (unpaired) electrons. The Morgan fingerprint density at radius 1 is 1.23 bits per heavy atom. The summed E-state index contributed by atoms with van der Waals surface area (Å²) in [6, 6.07) is 2.04. The highest BCUT2D eigenvalue weighted by Gasteiger charge is 2.40. The minimum absolute atomic E-state index is 0.109. The predicted molar refractivity (Wildman–Crippen MR) is 106 cm³/mol. The Balaban J connectivity index is 1.91. The molecule has 0 aromatic heterocycles. The number of amides is 4. The quantitative estimate of drug-likeness (QED) is 0.413. The Labute approximate surface area is 177 Å². The van der Waals surface area contributed by atoms with Crippen LogP contribution in [-0.4, -0.2) is 55.6 Å². The zero-order valence-electron chi connectivity index (χ0n) is 16.5. The number of hydrogen-bond acceptors (Lipinski definition) is 7. The van der Waals surface area contributed by atoms with Crippen LogP contribution in [0.15, 0.2) is 17.7 Å². The van der Waals surface area contributed by atoms with Crippen molar-refractivity contribution in [2.75, 3.05) is 20.8 Å². The Bertz CT molecular complexity index is 922. The molecule has 1 heterocycles. The molecule has 1 saturated heterocycles. The van der Waals surface area contributed by atoms with Gasteiger partial charge in [-0.1, -0.05) is 24.4 Å². The van der Waals surface area contributed by atoms with Crippen molar-refractivity contribution in [3.63, 3.8) is 0 Å². The molecule has 3 rings (SSSR count). The Morgan fingerprint density at radius 2 is 1.93 bits per heavy atom. The number of benzene rings is 1. The van der Waals surface area contributed by atoms with Crippen molar-refractivity contribution < 1.29 is 33.4 Å². The van der Waals surface area contributed by atoms with Crippen molar-refractivity contribution in [1.29, 1.82) is 0 Å². The largest absolute Gasteiger partial charge is 0.493 e. The first-order chi connectivity index (χ1) is 14.3. The van der Waals surface area contributed by atoms with E-state index in [0.29, 0.717) is 18.4 Å². The zero-order valence-corrected chi connectivity index (χ0v) is 17.3. The van der Waals surface area contributed by atoms with E-state index in [1.165, 1.54) is 32.4 Å². The summed E-state index contributed by atoms with van der Waals surface area (Å²) >= 11 is 6.25. The lowest BCUT2D eigenvalue weighted by Gasteiger charge is -2.31. The average Bonchev–Trinajstić information content (AvgIpc) is 3.23. The van der Waals surface area contributed by atoms with E-state index in [1.807, 2.05) is 0 Å². The number of methoxy groups -OCH3 is 2. The Kier molecular flexibility index (Phi) is 6.61. The highest BCUT2D eigenvalue weighted by molar-refractivity contribution is 6.33. The van der Waals surface area contributed by atoms with E-state index in [2.05, 4.69) is 10.1 Å². The van der Waals surface area contributed by atoms with Crippen LogP contribution in [-0.2, 0) is 19.1 Å². The number of esters is 1. The van der Waals surface area contributed by atoms with E-state index in [-0.39, 0.29) is 34.7 Å². The second-order valence-electron chi connectivity index (χ2n) is 6.83. The lowest BCUT2D eigenvalue weighted by molar-refractivity contribution is -0.143. The maximum atomic E-state index is 12.9. The number of urea groups is 1. The fourth-order valence-corrected chi connectivity index (χ4v) is 3.76. The third-order valence-electron chi connectivity index (χ3n) is 4.95. The number of halogens is 1. The van der Waals surface area contributed by atoms with Gasteiger partial charge in [-0.05, 0) is 36.6 Å². The number of rotatable bonds is 6. The summed E-state index contributed by atoms with van der Waals surface area (Å²) in [6.45, 7) is -0.369. The van der Waals surface area contributed by atoms with Gasteiger partial charge >= 0.3 is 12.0 Å². The summed E-state index contributed by atoms with van der Waals surface area (Å²) in [6.07, 6.45) is 4.62. The van der Waals surface area contributed by atoms with Crippen LogP contribution in [0.1, 0.15) is 31.2 Å². The highest BCUT2D eigenvalue weighted by atomic mass is 35.5. The topological polar surface area (TPSA) is 111 Å². The van der Waals surface area contributed by atoms with Gasteiger partial charge in [-0.25, -0.2) is 9.59 Å². The van der Waals surface area contributed by atoms with E-state index >= 15 is 0 Å². The Hall–Kier alpha value is -3.07. The molecule has 10 heteroatoms. The molecule has 0 atom stereocenters. The summed E-state index contributed by atoms with van der Waals surface area (Å²) in [5, 5.41) is 2.33. The zero-order chi connectivity index (χ0) is 21.8. The van der Waals surface area contributed by atoms with Crippen LogP contribution in [0.4, 0.5) is 4.79 Å². The summed E-state index contributed by atoms with van der Waals surface area (Å²) in [7, 11) is 2.61. The van der Waals surface area contributed by atoms with Crippen molar-refractivity contribution in [3.8, 4) is 11.5 Å². The van der Waals surface area contributed by atoms with E-state index in [9.17, 15) is 19.2 Å². The van der Waals surface area contributed by atoms with Crippen molar-refractivity contribution in [3.05, 3.63) is 28.3 Å². The number of carbonyl (C=O) groups is 4. The molecule has 1 N–H and O–H groups in total. The molecule has 1 aromatic carbocycles. The highest BCUT2D eigenvalue weighted by Crippen LogP contribution is 2.37. The van der Waals surface area contributed by atoms with Crippen LogP contribution in [0.5, 0.6) is 11.5 Å². The first-order valence-corrected chi connectivity index (χ1v) is 9.71. The molecule has 1 saturated carbocycles. The van der Waals surface area contributed by atoms with Gasteiger partial charge in [-0.2, -0.15) is 0 Å². The molecule has 1 aliphatic heterocycles. The maximum absolute atomic E-state index is 12.9. The minimum Gasteiger partial charge on any atom is -0.493 e. The monoisotopic (exact) mass is 436 g/mol. The molecular formula is C20H21ClN2O7. The molecule has 9 nitrogen and oxygen atoms in total. The molecule has 2 aliphatic rings. The Morgan fingerprint density at radius 3 is 2.57 bits per heavy atom. The molecular weight excluding hydrogens is 416 g/mol. The van der Waals surface area contributed by atoms with Gasteiger partial charge in [0.1, 0.15) is 5.57 Å². The van der Waals surface area contributed by atoms with Crippen LogP contribution >= 0.6 is 11.6 Å². The molecule has 4 amide bonds. The SMILES string of the molecule is COC(=O)COc1c(Cl)cc(/C=C2\C(=O)NC(=O)N(C3CCCC3)C2=O)cc1OC. The lowest BCUT2D eigenvalue weighted by Crippen LogP contribution is -2.57. The first kappa shape index (κ1) is 21.6. The van der Waals surface area contributed by atoms with Crippen molar-refractivity contribution in [2.45, 2.75) is 31.7 Å². The summed E-state index contributed by atoms with van der Waals surface area (Å²) in [5.41, 5.74) is 0.212. The van der Waals surface area contributed by atoms with Gasteiger partial charge in [0.25, 0.3) is 11.8 Å². The second kappa shape index (κ2) is 9.17. The second-order valence-corrected chi connectivity index (χ2v) is 7.24. The molecule has 0 spiro atoms. The van der Waals surface area contributed by atoms with E-state index < -0.39 is 23.8 Å². The molecule has 1 aromatic rings. The molecule has 0 unspecified atom stereocenters. The standard InChI is InChI=1S/C20H21ClN2O7/c1-28-15-9-11(8-14(21)17(15)30-10-16(24)29-2)7-13-18(25)22-20(27)23(19(13)26)12-5-3-4-6-12/h7-9,12H,3-6,10H2,1-2H3,(H,22,25,27)/b13-7+. The third kappa shape index (κ3) is 4.40. The molecule has 160 valence electrons. The molecule has 30 heavy (non-hydrogen) atoms. The van der Waals surface area contributed by atoms with Crippen LogP contribution in [0, 0.1) is 0 Å².